The van der Waals surface area contributed by atoms with Crippen LogP contribution in [0.15, 0.2) is 42.5 Å². The first kappa shape index (κ1) is 22.9. The van der Waals surface area contributed by atoms with Crippen LogP contribution in [0.2, 0.25) is 5.02 Å². The minimum Gasteiger partial charge on any atom is -0.354 e. The second-order valence-electron chi connectivity index (χ2n) is 7.76. The van der Waals surface area contributed by atoms with Crippen LogP contribution in [-0.2, 0) is 11.3 Å². The molecule has 3 amide bonds. The molecule has 12 heteroatoms. The zero-order chi connectivity index (χ0) is 24.9. The third-order valence-corrected chi connectivity index (χ3v) is 6.88. The lowest BCUT2D eigenvalue weighted by Gasteiger charge is -2.29. The molecule has 35 heavy (non-hydrogen) atoms. The van der Waals surface area contributed by atoms with Crippen LogP contribution >= 0.6 is 23.1 Å². The summed E-state index contributed by atoms with van der Waals surface area (Å²) in [5.41, 5.74) is 0.885. The van der Waals surface area contributed by atoms with Crippen molar-refractivity contribution in [2.24, 2.45) is 0 Å². The zero-order valence-corrected chi connectivity index (χ0v) is 19.6. The van der Waals surface area contributed by atoms with Crippen molar-refractivity contribution in [3.63, 3.8) is 0 Å². The molecule has 178 valence electrons. The molecule has 0 radical (unpaired) electrons. The smallest absolute Gasteiger partial charge is 0.276 e. The van der Waals surface area contributed by atoms with Crippen molar-refractivity contribution >= 4 is 56.6 Å². The summed E-state index contributed by atoms with van der Waals surface area (Å²) in [6, 6.07) is 8.51. The number of amides is 3. The lowest BCUT2D eigenvalue weighted by atomic mass is 10.0. The minimum atomic E-state index is -0.960. The Kier molecular flexibility index (Phi) is 5.73. The van der Waals surface area contributed by atoms with Gasteiger partial charge in [0.15, 0.2) is 0 Å². The van der Waals surface area contributed by atoms with Gasteiger partial charge in [-0.05, 0) is 41.9 Å². The molecule has 4 aromatic rings. The van der Waals surface area contributed by atoms with E-state index in [1.165, 1.54) is 48.0 Å². The SMILES string of the molecule is CNC(=O)c1cc(NC(=O)c2nsc3c(F)cccc23)c2n1CC(=O)NC2c1cc(F)ccc1Cl. The molecule has 0 aliphatic carbocycles. The molecule has 0 saturated heterocycles. The fourth-order valence-corrected chi connectivity index (χ4v) is 5.12. The summed E-state index contributed by atoms with van der Waals surface area (Å²) in [5, 5.41) is 8.51. The van der Waals surface area contributed by atoms with Crippen molar-refractivity contribution in [1.82, 2.24) is 19.6 Å². The molecule has 1 atom stereocenters. The average molecular weight is 516 g/mol. The van der Waals surface area contributed by atoms with Crippen LogP contribution in [0, 0.1) is 11.6 Å². The summed E-state index contributed by atoms with van der Waals surface area (Å²) in [7, 11) is 1.43. The van der Waals surface area contributed by atoms with E-state index in [9.17, 15) is 23.2 Å². The first-order chi connectivity index (χ1) is 16.8. The van der Waals surface area contributed by atoms with Gasteiger partial charge in [0.25, 0.3) is 11.8 Å². The Morgan fingerprint density at radius 2 is 2.00 bits per heavy atom. The fourth-order valence-electron chi connectivity index (χ4n) is 4.12. The highest BCUT2D eigenvalue weighted by Crippen LogP contribution is 2.38. The van der Waals surface area contributed by atoms with Gasteiger partial charge in [0.2, 0.25) is 5.91 Å². The summed E-state index contributed by atoms with van der Waals surface area (Å²) in [6.07, 6.45) is 0. The number of rotatable bonds is 4. The number of halogens is 3. The Bertz CT molecular complexity index is 1530. The second-order valence-corrected chi connectivity index (χ2v) is 8.94. The molecular weight excluding hydrogens is 500 g/mol. The maximum atomic E-state index is 14.1. The van der Waals surface area contributed by atoms with E-state index in [4.69, 9.17) is 11.6 Å². The highest BCUT2D eigenvalue weighted by Gasteiger charge is 2.34. The molecule has 0 fully saturated rings. The molecule has 3 N–H and O–H groups in total. The molecule has 0 bridgehead atoms. The van der Waals surface area contributed by atoms with Gasteiger partial charge in [-0.25, -0.2) is 8.78 Å². The summed E-state index contributed by atoms with van der Waals surface area (Å²) in [5.74, 6) is -2.63. The molecule has 1 aliphatic heterocycles. The van der Waals surface area contributed by atoms with E-state index >= 15 is 0 Å². The van der Waals surface area contributed by atoms with Gasteiger partial charge < -0.3 is 20.5 Å². The van der Waals surface area contributed by atoms with Crippen LogP contribution in [0.3, 0.4) is 0 Å². The number of nitrogens with one attached hydrogen (secondary N) is 3. The van der Waals surface area contributed by atoms with Crippen LogP contribution in [0.1, 0.15) is 38.3 Å². The molecular formula is C23H16ClF2N5O3S. The molecule has 1 unspecified atom stereocenters. The Hall–Kier alpha value is -3.83. The van der Waals surface area contributed by atoms with Crippen LogP contribution in [-0.4, -0.2) is 33.7 Å². The summed E-state index contributed by atoms with van der Waals surface area (Å²) in [4.78, 5) is 38.3. The van der Waals surface area contributed by atoms with Crippen molar-refractivity contribution in [2.75, 3.05) is 12.4 Å². The molecule has 2 aromatic carbocycles. The second kappa shape index (κ2) is 8.75. The van der Waals surface area contributed by atoms with E-state index in [2.05, 4.69) is 20.3 Å². The average Bonchev–Trinajstić information content (AvgIpc) is 3.42. The van der Waals surface area contributed by atoms with E-state index in [-0.39, 0.29) is 38.9 Å². The van der Waals surface area contributed by atoms with Gasteiger partial charge in [0, 0.05) is 23.0 Å². The normalized spacial score (nSPS) is 15.0. The van der Waals surface area contributed by atoms with Crippen molar-refractivity contribution in [3.05, 3.63) is 81.8 Å². The monoisotopic (exact) mass is 515 g/mol. The number of aromatic nitrogens is 2. The predicted octanol–water partition coefficient (Wildman–Crippen LogP) is 3.86. The molecule has 0 saturated carbocycles. The molecule has 5 rings (SSSR count). The number of anilines is 1. The number of carbonyl (C=O) groups is 3. The van der Waals surface area contributed by atoms with E-state index in [0.717, 1.165) is 11.5 Å². The Morgan fingerprint density at radius 3 is 2.77 bits per heavy atom. The van der Waals surface area contributed by atoms with E-state index in [1.807, 2.05) is 0 Å². The van der Waals surface area contributed by atoms with Gasteiger partial charge in [0.05, 0.1) is 22.1 Å². The first-order valence-electron chi connectivity index (χ1n) is 10.3. The third kappa shape index (κ3) is 3.92. The molecule has 0 spiro atoms. The van der Waals surface area contributed by atoms with Crippen molar-refractivity contribution in [2.45, 2.75) is 12.6 Å². The quantitative estimate of drug-likeness (QED) is 0.384. The van der Waals surface area contributed by atoms with Gasteiger partial charge in [-0.15, -0.1) is 0 Å². The maximum Gasteiger partial charge on any atom is 0.276 e. The van der Waals surface area contributed by atoms with E-state index in [0.29, 0.717) is 11.1 Å². The van der Waals surface area contributed by atoms with Crippen LogP contribution in [0.25, 0.3) is 10.1 Å². The predicted molar refractivity (Wildman–Crippen MR) is 127 cm³/mol. The third-order valence-electron chi connectivity index (χ3n) is 5.66. The number of hydrogen-bond acceptors (Lipinski definition) is 5. The molecule has 2 aromatic heterocycles. The Labute approximate surface area is 206 Å². The minimum absolute atomic E-state index is 0.00567. The zero-order valence-electron chi connectivity index (χ0n) is 18.0. The highest BCUT2D eigenvalue weighted by molar-refractivity contribution is 7.13. The fraction of sp³-hybridized carbons (Fsp3) is 0.130. The van der Waals surface area contributed by atoms with Crippen molar-refractivity contribution in [1.29, 1.82) is 0 Å². The summed E-state index contributed by atoms with van der Waals surface area (Å²) >= 11 is 7.17. The largest absolute Gasteiger partial charge is 0.354 e. The first-order valence-corrected chi connectivity index (χ1v) is 11.5. The van der Waals surface area contributed by atoms with Crippen LogP contribution in [0.5, 0.6) is 0 Å². The number of carbonyl (C=O) groups excluding carboxylic acids is 3. The maximum absolute atomic E-state index is 14.1. The van der Waals surface area contributed by atoms with Gasteiger partial charge in [-0.1, -0.05) is 23.7 Å². The van der Waals surface area contributed by atoms with Crippen molar-refractivity contribution in [3.8, 4) is 0 Å². The van der Waals surface area contributed by atoms with Crippen molar-refractivity contribution < 1.29 is 23.2 Å². The van der Waals surface area contributed by atoms with Gasteiger partial charge in [0.1, 0.15) is 29.6 Å². The summed E-state index contributed by atoms with van der Waals surface area (Å²) < 4.78 is 34.0. The number of fused-ring (bicyclic) bond motifs is 2. The van der Waals surface area contributed by atoms with Gasteiger partial charge in [-0.3, -0.25) is 14.4 Å². The van der Waals surface area contributed by atoms with E-state index in [1.54, 1.807) is 6.07 Å². The standard InChI is InChI=1S/C23H16ClF2N5O3S/c1-27-22(33)16-8-15(28-23(34)19-11-3-2-4-14(26)21(11)35-30-19)20-18(29-17(32)9-31(16)20)12-7-10(25)5-6-13(12)24/h2-8,18H,9H2,1H3,(H,27,33)(H,28,34)(H,29,32). The molecule has 3 heterocycles. The van der Waals surface area contributed by atoms with Crippen LogP contribution in [0.4, 0.5) is 14.5 Å². The highest BCUT2D eigenvalue weighted by atomic mass is 35.5. The number of hydrogen-bond donors (Lipinski definition) is 3. The Morgan fingerprint density at radius 1 is 1.20 bits per heavy atom. The molecule has 1 aliphatic rings. The topological polar surface area (TPSA) is 105 Å². The molecule has 8 nitrogen and oxygen atoms in total. The van der Waals surface area contributed by atoms with E-state index < -0.39 is 35.4 Å². The lowest BCUT2D eigenvalue weighted by Crippen LogP contribution is -2.40. The number of benzene rings is 2. The summed E-state index contributed by atoms with van der Waals surface area (Å²) in [6.45, 7) is -0.206. The van der Waals surface area contributed by atoms with Gasteiger partial charge >= 0.3 is 0 Å². The van der Waals surface area contributed by atoms with Crippen LogP contribution < -0.4 is 16.0 Å². The lowest BCUT2D eigenvalue weighted by molar-refractivity contribution is -0.123. The van der Waals surface area contributed by atoms with Gasteiger partial charge in [-0.2, -0.15) is 4.37 Å². The number of nitrogens with zero attached hydrogens (tertiary/aromatic N) is 2. The Balaban J connectivity index is 1.64.